The quantitative estimate of drug-likeness (QED) is 0.508. The molecule has 0 bridgehead atoms. The molecule has 1 amide bonds. The Bertz CT molecular complexity index is 129. The van der Waals surface area contributed by atoms with E-state index < -0.39 is 0 Å². The first-order chi connectivity index (χ1) is 4.20. The summed E-state index contributed by atoms with van der Waals surface area (Å²) in [5, 5.41) is 5.31. The summed E-state index contributed by atoms with van der Waals surface area (Å²) in [4.78, 5) is 10.6. The molecule has 0 spiro atoms. The number of amides is 1. The maximum absolute atomic E-state index is 10.6. The van der Waals surface area contributed by atoms with Gasteiger partial charge in [0.2, 0.25) is 5.91 Å². The van der Waals surface area contributed by atoms with Crippen LogP contribution >= 0.6 is 0 Å². The van der Waals surface area contributed by atoms with E-state index in [2.05, 4.69) is 10.6 Å². The Morgan fingerprint density at radius 2 is 1.89 bits per heavy atom. The molecule has 0 aliphatic heterocycles. The third-order valence-corrected chi connectivity index (χ3v) is 0.988. The monoisotopic (exact) mass is 128 g/mol. The predicted molar refractivity (Wildman–Crippen MR) is 36.9 cm³/mol. The number of rotatable bonds is 2. The Morgan fingerprint density at radius 3 is 2.22 bits per heavy atom. The van der Waals surface area contributed by atoms with Gasteiger partial charge in [-0.1, -0.05) is 0 Å². The molecule has 0 aromatic heterocycles. The molecule has 9 heavy (non-hydrogen) atoms. The van der Waals surface area contributed by atoms with E-state index >= 15 is 0 Å². The second kappa shape index (κ2) is 3.95. The summed E-state index contributed by atoms with van der Waals surface area (Å²) in [6, 6.07) is 0. The molecule has 52 valence electrons. The largest absolute Gasteiger partial charge is 0.391 e. The molecule has 0 radical (unpaired) electrons. The van der Waals surface area contributed by atoms with Gasteiger partial charge >= 0.3 is 0 Å². The molecule has 0 aromatic carbocycles. The van der Waals surface area contributed by atoms with Crippen LogP contribution < -0.4 is 10.6 Å². The van der Waals surface area contributed by atoms with Gasteiger partial charge in [-0.3, -0.25) is 4.79 Å². The van der Waals surface area contributed by atoms with E-state index in [1.807, 2.05) is 6.92 Å². The Morgan fingerprint density at radius 1 is 1.33 bits per heavy atom. The first-order valence-electron chi connectivity index (χ1n) is 2.78. The van der Waals surface area contributed by atoms with Crippen molar-refractivity contribution in [2.45, 2.75) is 6.92 Å². The average molecular weight is 128 g/mol. The van der Waals surface area contributed by atoms with Crippen LogP contribution in [0.25, 0.3) is 0 Å². The molecular weight excluding hydrogens is 116 g/mol. The van der Waals surface area contributed by atoms with E-state index in [9.17, 15) is 4.79 Å². The molecule has 0 saturated heterocycles. The molecule has 0 aromatic rings. The zero-order valence-corrected chi connectivity index (χ0v) is 5.99. The Kier molecular flexibility index (Phi) is 3.51. The molecule has 0 rings (SSSR count). The van der Waals surface area contributed by atoms with E-state index in [-0.39, 0.29) is 5.91 Å². The van der Waals surface area contributed by atoms with Gasteiger partial charge in [0, 0.05) is 25.9 Å². The van der Waals surface area contributed by atoms with Crippen molar-refractivity contribution in [3.8, 4) is 0 Å². The fourth-order valence-electron chi connectivity index (χ4n) is 0.341. The summed E-state index contributed by atoms with van der Waals surface area (Å²) in [7, 11) is 3.37. The molecular formula is C6H12N2O. The minimum atomic E-state index is -0.0816. The van der Waals surface area contributed by atoms with Crippen LogP contribution in [0.3, 0.4) is 0 Å². The fourth-order valence-corrected chi connectivity index (χ4v) is 0.341. The molecule has 2 N–H and O–H groups in total. The van der Waals surface area contributed by atoms with Crippen molar-refractivity contribution in [3.63, 3.8) is 0 Å². The lowest BCUT2D eigenvalue weighted by atomic mass is 10.4. The topological polar surface area (TPSA) is 41.1 Å². The maximum atomic E-state index is 10.6. The van der Waals surface area contributed by atoms with Gasteiger partial charge in [-0.05, 0) is 6.92 Å². The number of carbonyl (C=O) groups excluding carboxylic acids is 1. The van der Waals surface area contributed by atoms with Crippen molar-refractivity contribution in [1.82, 2.24) is 10.6 Å². The number of nitrogens with one attached hydrogen (secondary N) is 2. The van der Waals surface area contributed by atoms with Crippen molar-refractivity contribution in [3.05, 3.63) is 11.8 Å². The van der Waals surface area contributed by atoms with Crippen molar-refractivity contribution in [1.29, 1.82) is 0 Å². The summed E-state index contributed by atoms with van der Waals surface area (Å²) in [6.07, 6.45) is 1.50. The van der Waals surface area contributed by atoms with Crippen LogP contribution in [-0.4, -0.2) is 20.0 Å². The van der Waals surface area contributed by atoms with Crippen LogP contribution in [0, 0.1) is 0 Å². The number of hydrogen-bond acceptors (Lipinski definition) is 2. The standard InChI is InChI=1S/C6H12N2O/c1-5(7-2)4-6(9)8-3/h4,7H,1-3H3,(H,8,9)/b5-4+. The van der Waals surface area contributed by atoms with Crippen molar-refractivity contribution in [2.75, 3.05) is 14.1 Å². The number of carbonyl (C=O) groups is 1. The summed E-state index contributed by atoms with van der Waals surface area (Å²) in [5.74, 6) is -0.0816. The summed E-state index contributed by atoms with van der Waals surface area (Å²) >= 11 is 0. The van der Waals surface area contributed by atoms with E-state index in [0.29, 0.717) is 0 Å². The predicted octanol–water partition coefficient (Wildman–Crippen LogP) is -0.144. The van der Waals surface area contributed by atoms with Gasteiger partial charge in [0.15, 0.2) is 0 Å². The maximum Gasteiger partial charge on any atom is 0.245 e. The van der Waals surface area contributed by atoms with Crippen LogP contribution in [0.4, 0.5) is 0 Å². The Balaban J connectivity index is 3.79. The number of hydrogen-bond donors (Lipinski definition) is 2. The highest BCUT2D eigenvalue weighted by atomic mass is 16.1. The van der Waals surface area contributed by atoms with Crippen LogP contribution in [0.1, 0.15) is 6.92 Å². The van der Waals surface area contributed by atoms with E-state index in [4.69, 9.17) is 0 Å². The first kappa shape index (κ1) is 8.01. The average Bonchev–Trinajstić information content (AvgIpc) is 1.87. The van der Waals surface area contributed by atoms with Gasteiger partial charge in [0.25, 0.3) is 0 Å². The SMILES string of the molecule is CNC(=O)/C=C(\C)NC. The molecule has 0 heterocycles. The molecule has 0 atom stereocenters. The van der Waals surface area contributed by atoms with Gasteiger partial charge in [0.05, 0.1) is 0 Å². The lowest BCUT2D eigenvalue weighted by Crippen LogP contribution is -2.16. The fraction of sp³-hybridized carbons (Fsp3) is 0.500. The minimum Gasteiger partial charge on any atom is -0.391 e. The second-order valence-corrected chi connectivity index (χ2v) is 1.69. The van der Waals surface area contributed by atoms with Gasteiger partial charge in [-0.2, -0.15) is 0 Å². The van der Waals surface area contributed by atoms with Crippen molar-refractivity contribution >= 4 is 5.91 Å². The highest BCUT2D eigenvalue weighted by molar-refractivity contribution is 5.87. The smallest absolute Gasteiger partial charge is 0.245 e. The van der Waals surface area contributed by atoms with Gasteiger partial charge in [-0.15, -0.1) is 0 Å². The molecule has 0 saturated carbocycles. The van der Waals surface area contributed by atoms with Gasteiger partial charge < -0.3 is 10.6 Å². The van der Waals surface area contributed by atoms with E-state index in [1.54, 1.807) is 14.1 Å². The summed E-state index contributed by atoms with van der Waals surface area (Å²) in [6.45, 7) is 1.83. The Labute approximate surface area is 55.1 Å². The molecule has 0 aliphatic carbocycles. The minimum absolute atomic E-state index is 0.0816. The molecule has 3 nitrogen and oxygen atoms in total. The lowest BCUT2D eigenvalue weighted by molar-refractivity contribution is -0.116. The molecule has 3 heteroatoms. The molecule has 0 fully saturated rings. The highest BCUT2D eigenvalue weighted by Crippen LogP contribution is 1.81. The molecule has 0 aliphatic rings. The molecule has 0 unspecified atom stereocenters. The highest BCUT2D eigenvalue weighted by Gasteiger charge is 1.89. The van der Waals surface area contributed by atoms with Crippen LogP contribution in [0.15, 0.2) is 11.8 Å². The lowest BCUT2D eigenvalue weighted by Gasteiger charge is -1.96. The summed E-state index contributed by atoms with van der Waals surface area (Å²) < 4.78 is 0. The normalized spacial score (nSPS) is 10.8. The van der Waals surface area contributed by atoms with E-state index in [0.717, 1.165) is 5.70 Å². The van der Waals surface area contributed by atoms with E-state index in [1.165, 1.54) is 6.08 Å². The summed E-state index contributed by atoms with van der Waals surface area (Å²) in [5.41, 5.74) is 0.856. The van der Waals surface area contributed by atoms with Crippen LogP contribution in [0.2, 0.25) is 0 Å². The van der Waals surface area contributed by atoms with Crippen molar-refractivity contribution in [2.24, 2.45) is 0 Å². The number of likely N-dealkylation sites (N-methyl/N-ethyl adjacent to an activating group) is 1. The van der Waals surface area contributed by atoms with Gasteiger partial charge in [-0.25, -0.2) is 0 Å². The Hall–Kier alpha value is -0.990. The first-order valence-corrected chi connectivity index (χ1v) is 2.78. The zero-order chi connectivity index (χ0) is 7.28. The zero-order valence-electron chi connectivity index (χ0n) is 5.99. The third kappa shape index (κ3) is 3.58. The van der Waals surface area contributed by atoms with Crippen LogP contribution in [-0.2, 0) is 4.79 Å². The van der Waals surface area contributed by atoms with Gasteiger partial charge in [0.1, 0.15) is 0 Å². The second-order valence-electron chi connectivity index (χ2n) is 1.69. The van der Waals surface area contributed by atoms with Crippen LogP contribution in [0.5, 0.6) is 0 Å². The van der Waals surface area contributed by atoms with Crippen molar-refractivity contribution < 1.29 is 4.79 Å². The third-order valence-electron chi connectivity index (χ3n) is 0.988. The number of allylic oxidation sites excluding steroid dienone is 1.